The van der Waals surface area contributed by atoms with E-state index >= 15 is 0 Å². The topological polar surface area (TPSA) is 122 Å². The Morgan fingerprint density at radius 3 is 2.32 bits per heavy atom. The molecule has 198 valence electrons. The molecule has 0 unspecified atom stereocenters. The summed E-state index contributed by atoms with van der Waals surface area (Å²) in [6.07, 6.45) is 2.00. The van der Waals surface area contributed by atoms with Crippen molar-refractivity contribution in [2.24, 2.45) is 0 Å². The van der Waals surface area contributed by atoms with E-state index in [-0.39, 0.29) is 30.4 Å². The van der Waals surface area contributed by atoms with Gasteiger partial charge in [0.15, 0.2) is 0 Å². The first kappa shape index (κ1) is 28.5. The van der Waals surface area contributed by atoms with Gasteiger partial charge in [-0.1, -0.05) is 60.7 Å². The van der Waals surface area contributed by atoms with Crippen molar-refractivity contribution < 1.29 is 14.8 Å². The number of halogens is 1. The van der Waals surface area contributed by atoms with Crippen molar-refractivity contribution in [2.75, 3.05) is 18.4 Å². The number of anilines is 1. The predicted molar refractivity (Wildman–Crippen MR) is 148 cm³/mol. The monoisotopic (exact) mass is 535 g/mol. The third kappa shape index (κ3) is 8.24. The molecule has 1 heterocycles. The fourth-order valence-corrected chi connectivity index (χ4v) is 3.95. The molecule has 0 aliphatic heterocycles. The third-order valence-electron chi connectivity index (χ3n) is 5.87. The molecule has 1 atom stereocenters. The van der Waals surface area contributed by atoms with Crippen LogP contribution in [0, 0.1) is 10.1 Å². The van der Waals surface area contributed by atoms with Gasteiger partial charge in [-0.15, -0.1) is 12.4 Å². The van der Waals surface area contributed by atoms with Gasteiger partial charge in [-0.2, -0.15) is 0 Å². The minimum Gasteiger partial charge on any atom is -0.387 e. The van der Waals surface area contributed by atoms with Crippen LogP contribution in [0.15, 0.2) is 91.1 Å². The average Bonchev–Trinajstić information content (AvgIpc) is 3.28. The van der Waals surface area contributed by atoms with Crippen LogP contribution in [0.3, 0.4) is 0 Å². The molecule has 0 saturated carbocycles. The standard InChI is InChI=1S/C28H29N5O4.ClH/c34-26(22-7-3-1-4-8-22)18-29-16-15-24-20-32(19-21-11-13-25(14-12-21)33(36)37)27(30-24)17-28(35)31-23-9-5-2-6-10-23;/h1-14,20,26,29,34H,15-19H2,(H,31,35);1H/t26-;/m0./s1. The molecule has 0 saturated heterocycles. The molecule has 0 spiro atoms. The maximum absolute atomic E-state index is 12.7. The van der Waals surface area contributed by atoms with Crippen LogP contribution in [0.4, 0.5) is 11.4 Å². The molecule has 0 bridgehead atoms. The summed E-state index contributed by atoms with van der Waals surface area (Å²) in [6, 6.07) is 25.1. The molecule has 1 amide bonds. The SMILES string of the molecule is Cl.O=C(Cc1nc(CCNC[C@H](O)c2ccccc2)cn1Cc1ccc([N+](=O)[O-])cc1)Nc1ccccc1. The number of benzene rings is 3. The number of non-ortho nitro benzene ring substituents is 1. The Kier molecular flexibility index (Phi) is 10.5. The second kappa shape index (κ2) is 14.0. The number of carbonyl (C=O) groups excluding carboxylic acids is 1. The number of hydrogen-bond donors (Lipinski definition) is 3. The van der Waals surface area contributed by atoms with Gasteiger partial charge in [-0.25, -0.2) is 4.98 Å². The van der Waals surface area contributed by atoms with E-state index in [1.54, 1.807) is 12.1 Å². The van der Waals surface area contributed by atoms with Crippen LogP contribution in [0.1, 0.15) is 28.7 Å². The average molecular weight is 536 g/mol. The van der Waals surface area contributed by atoms with Crippen molar-refractivity contribution >= 4 is 29.7 Å². The highest BCUT2D eigenvalue weighted by Crippen LogP contribution is 2.16. The van der Waals surface area contributed by atoms with Crippen LogP contribution >= 0.6 is 12.4 Å². The van der Waals surface area contributed by atoms with Gasteiger partial charge < -0.3 is 20.3 Å². The van der Waals surface area contributed by atoms with Gasteiger partial charge in [-0.3, -0.25) is 14.9 Å². The highest BCUT2D eigenvalue weighted by molar-refractivity contribution is 5.91. The van der Waals surface area contributed by atoms with Gasteiger partial charge in [0.25, 0.3) is 5.69 Å². The van der Waals surface area contributed by atoms with Crippen LogP contribution in [0.25, 0.3) is 0 Å². The summed E-state index contributed by atoms with van der Waals surface area (Å²) < 4.78 is 1.90. The van der Waals surface area contributed by atoms with Crippen LogP contribution < -0.4 is 10.6 Å². The number of aliphatic hydroxyl groups is 1. The molecule has 38 heavy (non-hydrogen) atoms. The van der Waals surface area contributed by atoms with Crippen molar-refractivity contribution in [2.45, 2.75) is 25.5 Å². The quantitative estimate of drug-likeness (QED) is 0.141. The summed E-state index contributed by atoms with van der Waals surface area (Å²) in [4.78, 5) is 27.9. The number of amides is 1. The zero-order valence-corrected chi connectivity index (χ0v) is 21.5. The number of aromatic nitrogens is 2. The van der Waals surface area contributed by atoms with Crippen molar-refractivity contribution in [3.63, 3.8) is 0 Å². The van der Waals surface area contributed by atoms with E-state index in [9.17, 15) is 20.0 Å². The predicted octanol–water partition coefficient (Wildman–Crippen LogP) is 4.31. The van der Waals surface area contributed by atoms with Crippen molar-refractivity contribution in [3.05, 3.63) is 124 Å². The van der Waals surface area contributed by atoms with E-state index in [1.165, 1.54) is 12.1 Å². The number of nitrogens with one attached hydrogen (secondary N) is 2. The molecule has 0 radical (unpaired) electrons. The lowest BCUT2D eigenvalue weighted by Crippen LogP contribution is -2.23. The molecule has 10 heteroatoms. The molecule has 0 fully saturated rings. The Balaban J connectivity index is 0.00000400. The number of rotatable bonds is 12. The number of nitrogens with zero attached hydrogens (tertiary/aromatic N) is 3. The third-order valence-corrected chi connectivity index (χ3v) is 5.87. The van der Waals surface area contributed by atoms with Crippen LogP contribution in [-0.4, -0.2) is 38.6 Å². The number of nitro benzene ring substituents is 1. The first-order valence-corrected chi connectivity index (χ1v) is 12.0. The second-order valence-electron chi connectivity index (χ2n) is 8.67. The van der Waals surface area contributed by atoms with Gasteiger partial charge in [0, 0.05) is 50.1 Å². The molecule has 0 aliphatic rings. The highest BCUT2D eigenvalue weighted by Gasteiger charge is 2.14. The number of carbonyl (C=O) groups is 1. The highest BCUT2D eigenvalue weighted by atomic mass is 35.5. The van der Waals surface area contributed by atoms with Crippen molar-refractivity contribution in [1.82, 2.24) is 14.9 Å². The summed E-state index contributed by atoms with van der Waals surface area (Å²) in [5, 5.41) is 27.4. The zero-order chi connectivity index (χ0) is 26.0. The Morgan fingerprint density at radius 1 is 1.00 bits per heavy atom. The van der Waals surface area contributed by atoms with E-state index in [0.29, 0.717) is 37.6 Å². The first-order chi connectivity index (χ1) is 18.0. The number of nitro groups is 1. The minimum absolute atomic E-state index is 0. The van der Waals surface area contributed by atoms with Crippen LogP contribution in [-0.2, 0) is 24.2 Å². The first-order valence-electron chi connectivity index (χ1n) is 12.0. The maximum Gasteiger partial charge on any atom is 0.269 e. The molecule has 4 rings (SSSR count). The fourth-order valence-electron chi connectivity index (χ4n) is 3.95. The fraction of sp³-hybridized carbons (Fsp3) is 0.214. The summed E-state index contributed by atoms with van der Waals surface area (Å²) in [6.45, 7) is 1.45. The lowest BCUT2D eigenvalue weighted by Gasteiger charge is -2.11. The van der Waals surface area contributed by atoms with Gasteiger partial charge in [0.2, 0.25) is 5.91 Å². The van der Waals surface area contributed by atoms with Gasteiger partial charge >= 0.3 is 0 Å². The Morgan fingerprint density at radius 2 is 1.66 bits per heavy atom. The summed E-state index contributed by atoms with van der Waals surface area (Å²) in [5.41, 5.74) is 3.27. The maximum atomic E-state index is 12.7. The van der Waals surface area contributed by atoms with E-state index in [0.717, 1.165) is 16.8 Å². The minimum atomic E-state index is -0.599. The van der Waals surface area contributed by atoms with Crippen molar-refractivity contribution in [1.29, 1.82) is 0 Å². The molecule has 1 aromatic heterocycles. The normalized spacial score (nSPS) is 11.4. The Hall–Kier alpha value is -4.05. The van der Waals surface area contributed by atoms with Gasteiger partial charge in [-0.05, 0) is 23.3 Å². The van der Waals surface area contributed by atoms with E-state index in [2.05, 4.69) is 10.6 Å². The molecule has 3 aromatic carbocycles. The van der Waals surface area contributed by atoms with Gasteiger partial charge in [0.05, 0.1) is 23.1 Å². The summed E-state index contributed by atoms with van der Waals surface area (Å²) in [7, 11) is 0. The zero-order valence-electron chi connectivity index (χ0n) is 20.7. The summed E-state index contributed by atoms with van der Waals surface area (Å²) in [5.74, 6) is 0.420. The largest absolute Gasteiger partial charge is 0.387 e. The second-order valence-corrected chi connectivity index (χ2v) is 8.67. The smallest absolute Gasteiger partial charge is 0.269 e. The lowest BCUT2D eigenvalue weighted by molar-refractivity contribution is -0.384. The number of aliphatic hydroxyl groups excluding tert-OH is 1. The molecule has 9 nitrogen and oxygen atoms in total. The van der Waals surface area contributed by atoms with E-state index in [4.69, 9.17) is 4.98 Å². The Labute approximate surface area is 227 Å². The molecular formula is C28H30ClN5O4. The molecule has 4 aromatic rings. The summed E-state index contributed by atoms with van der Waals surface area (Å²) >= 11 is 0. The van der Waals surface area contributed by atoms with Crippen molar-refractivity contribution in [3.8, 4) is 0 Å². The lowest BCUT2D eigenvalue weighted by atomic mass is 10.1. The van der Waals surface area contributed by atoms with E-state index in [1.807, 2.05) is 71.4 Å². The van der Waals surface area contributed by atoms with Gasteiger partial charge in [0.1, 0.15) is 5.82 Å². The molecular weight excluding hydrogens is 506 g/mol. The number of para-hydroxylation sites is 1. The van der Waals surface area contributed by atoms with Crippen LogP contribution in [0.2, 0.25) is 0 Å². The van der Waals surface area contributed by atoms with E-state index < -0.39 is 11.0 Å². The Bertz CT molecular complexity index is 1310. The van der Waals surface area contributed by atoms with Crippen LogP contribution in [0.5, 0.6) is 0 Å². The number of imidazole rings is 1. The molecule has 0 aliphatic carbocycles. The molecule has 3 N–H and O–H groups in total. The number of hydrogen-bond acceptors (Lipinski definition) is 6.